The van der Waals surface area contributed by atoms with Crippen LogP contribution < -0.4 is 5.32 Å². The van der Waals surface area contributed by atoms with Gasteiger partial charge in [0.05, 0.1) is 23.8 Å². The van der Waals surface area contributed by atoms with Gasteiger partial charge in [-0.05, 0) is 19.4 Å². The van der Waals surface area contributed by atoms with Gasteiger partial charge in [0.2, 0.25) is 5.91 Å². The SMILES string of the molecule is Cc1occc1C(=O)N1CC(F)(F)CC2(CCNC2=O)C1. The minimum Gasteiger partial charge on any atom is -0.469 e. The van der Waals surface area contributed by atoms with Crippen molar-refractivity contribution in [3.05, 3.63) is 23.7 Å². The topological polar surface area (TPSA) is 62.6 Å². The van der Waals surface area contributed by atoms with Crippen LogP contribution in [0.5, 0.6) is 0 Å². The van der Waals surface area contributed by atoms with Gasteiger partial charge in [-0.15, -0.1) is 0 Å². The van der Waals surface area contributed by atoms with Crippen molar-refractivity contribution in [1.29, 1.82) is 0 Å². The molecule has 0 aliphatic carbocycles. The van der Waals surface area contributed by atoms with Gasteiger partial charge in [-0.1, -0.05) is 0 Å². The Morgan fingerprint density at radius 2 is 2.19 bits per heavy atom. The number of alkyl halides is 2. The van der Waals surface area contributed by atoms with Crippen LogP contribution in [0.3, 0.4) is 0 Å². The Morgan fingerprint density at radius 1 is 1.43 bits per heavy atom. The highest BCUT2D eigenvalue weighted by Gasteiger charge is 2.55. The third-order valence-corrected chi connectivity index (χ3v) is 4.26. The summed E-state index contributed by atoms with van der Waals surface area (Å²) in [6.45, 7) is 1.35. The van der Waals surface area contributed by atoms with Gasteiger partial charge >= 0.3 is 0 Å². The number of carbonyl (C=O) groups excluding carboxylic acids is 2. The first kappa shape index (κ1) is 14.0. The predicted octanol–water partition coefficient (Wildman–Crippen LogP) is 1.58. The van der Waals surface area contributed by atoms with E-state index in [1.807, 2.05) is 0 Å². The smallest absolute Gasteiger partial charge is 0.266 e. The van der Waals surface area contributed by atoms with Crippen molar-refractivity contribution in [2.24, 2.45) is 5.41 Å². The van der Waals surface area contributed by atoms with Crippen molar-refractivity contribution < 1.29 is 22.8 Å². The van der Waals surface area contributed by atoms with Crippen molar-refractivity contribution >= 4 is 11.8 Å². The summed E-state index contributed by atoms with van der Waals surface area (Å²) in [5, 5.41) is 2.59. The van der Waals surface area contributed by atoms with Crippen LogP contribution in [0.1, 0.15) is 29.0 Å². The fourth-order valence-electron chi connectivity index (χ4n) is 3.26. The molecule has 2 saturated heterocycles. The van der Waals surface area contributed by atoms with Crippen molar-refractivity contribution in [2.75, 3.05) is 19.6 Å². The van der Waals surface area contributed by atoms with Crippen molar-refractivity contribution in [3.63, 3.8) is 0 Å². The molecule has 1 unspecified atom stereocenters. The molecule has 1 N–H and O–H groups in total. The highest BCUT2D eigenvalue weighted by Crippen LogP contribution is 2.43. The average Bonchev–Trinajstić information content (AvgIpc) is 2.95. The number of hydrogen-bond donors (Lipinski definition) is 1. The van der Waals surface area contributed by atoms with Crippen LogP contribution in [-0.4, -0.2) is 42.3 Å². The van der Waals surface area contributed by atoms with Gasteiger partial charge in [-0.2, -0.15) is 0 Å². The molecule has 0 aromatic carbocycles. The second kappa shape index (κ2) is 4.54. The van der Waals surface area contributed by atoms with Crippen LogP contribution in [0.25, 0.3) is 0 Å². The van der Waals surface area contributed by atoms with E-state index in [1.54, 1.807) is 6.92 Å². The van der Waals surface area contributed by atoms with Crippen LogP contribution >= 0.6 is 0 Å². The van der Waals surface area contributed by atoms with Crippen molar-refractivity contribution in [2.45, 2.75) is 25.7 Å². The Hall–Kier alpha value is -1.92. The van der Waals surface area contributed by atoms with E-state index in [9.17, 15) is 18.4 Å². The predicted molar refractivity (Wildman–Crippen MR) is 69.0 cm³/mol. The molecule has 2 aliphatic rings. The van der Waals surface area contributed by atoms with Crippen molar-refractivity contribution in [3.8, 4) is 0 Å². The highest BCUT2D eigenvalue weighted by atomic mass is 19.3. The summed E-state index contributed by atoms with van der Waals surface area (Å²) in [6.07, 6.45) is 1.18. The number of nitrogens with one attached hydrogen (secondary N) is 1. The first-order valence-electron chi connectivity index (χ1n) is 6.83. The number of rotatable bonds is 1. The number of piperidine rings is 1. The van der Waals surface area contributed by atoms with E-state index in [-0.39, 0.29) is 18.0 Å². The summed E-state index contributed by atoms with van der Waals surface area (Å²) in [5.74, 6) is -3.57. The molecule has 2 aliphatic heterocycles. The van der Waals surface area contributed by atoms with Crippen LogP contribution in [0, 0.1) is 12.3 Å². The molecule has 3 heterocycles. The molecule has 2 amide bonds. The molecule has 0 saturated carbocycles. The molecule has 1 spiro atoms. The quantitative estimate of drug-likeness (QED) is 0.856. The maximum absolute atomic E-state index is 14.0. The molecule has 0 bridgehead atoms. The lowest BCUT2D eigenvalue weighted by Gasteiger charge is -2.42. The second-order valence-corrected chi connectivity index (χ2v) is 5.87. The number of furan rings is 1. The standard InChI is InChI=1S/C14H16F2N2O3/c1-9-10(2-5-21-9)11(19)18-7-13(3-4-17-12(13)20)6-14(15,16)8-18/h2,5H,3-4,6-8H2,1H3,(H,17,20). The molecule has 5 nitrogen and oxygen atoms in total. The third-order valence-electron chi connectivity index (χ3n) is 4.26. The van der Waals surface area contributed by atoms with Gasteiger partial charge in [0.25, 0.3) is 11.8 Å². The molecule has 21 heavy (non-hydrogen) atoms. The molecule has 1 aromatic rings. The van der Waals surface area contributed by atoms with Crippen LogP contribution in [0.4, 0.5) is 8.78 Å². The number of likely N-dealkylation sites (tertiary alicyclic amines) is 1. The van der Waals surface area contributed by atoms with E-state index in [4.69, 9.17) is 4.42 Å². The van der Waals surface area contributed by atoms with E-state index >= 15 is 0 Å². The van der Waals surface area contributed by atoms with Gasteiger partial charge in [0.15, 0.2) is 0 Å². The van der Waals surface area contributed by atoms with Crippen LogP contribution in [0.2, 0.25) is 0 Å². The lowest BCUT2D eigenvalue weighted by molar-refractivity contribution is -0.144. The molecule has 114 valence electrons. The number of halogens is 2. The minimum absolute atomic E-state index is 0.0257. The van der Waals surface area contributed by atoms with E-state index in [1.165, 1.54) is 12.3 Å². The van der Waals surface area contributed by atoms with E-state index in [0.29, 0.717) is 18.7 Å². The second-order valence-electron chi connectivity index (χ2n) is 5.87. The Kier molecular flexibility index (Phi) is 3.04. The molecular weight excluding hydrogens is 282 g/mol. The zero-order valence-corrected chi connectivity index (χ0v) is 11.6. The number of amides is 2. The lowest BCUT2D eigenvalue weighted by atomic mass is 9.77. The van der Waals surface area contributed by atoms with E-state index < -0.39 is 30.2 Å². The monoisotopic (exact) mass is 298 g/mol. The van der Waals surface area contributed by atoms with Gasteiger partial charge in [0.1, 0.15) is 5.76 Å². The van der Waals surface area contributed by atoms with E-state index in [0.717, 1.165) is 4.90 Å². The van der Waals surface area contributed by atoms with Crippen molar-refractivity contribution in [1.82, 2.24) is 10.2 Å². The maximum Gasteiger partial charge on any atom is 0.266 e. The maximum atomic E-state index is 14.0. The minimum atomic E-state index is -3.06. The third kappa shape index (κ3) is 2.30. The molecular formula is C14H16F2N2O3. The molecule has 3 rings (SSSR count). The Balaban J connectivity index is 1.90. The number of aryl methyl sites for hydroxylation is 1. The first-order chi connectivity index (χ1) is 9.83. The zero-order valence-electron chi connectivity index (χ0n) is 11.6. The van der Waals surface area contributed by atoms with E-state index in [2.05, 4.69) is 5.32 Å². The lowest BCUT2D eigenvalue weighted by Crippen LogP contribution is -2.56. The van der Waals surface area contributed by atoms with Gasteiger partial charge in [0, 0.05) is 19.5 Å². The Bertz CT molecular complexity index is 599. The van der Waals surface area contributed by atoms with Gasteiger partial charge < -0.3 is 14.6 Å². The average molecular weight is 298 g/mol. The normalized spacial score (nSPS) is 28.0. The highest BCUT2D eigenvalue weighted by molar-refractivity contribution is 5.96. The summed E-state index contributed by atoms with van der Waals surface area (Å²) in [5.41, 5.74) is -0.907. The summed E-state index contributed by atoms with van der Waals surface area (Å²) in [7, 11) is 0. The molecule has 1 aromatic heterocycles. The van der Waals surface area contributed by atoms with Gasteiger partial charge in [-0.25, -0.2) is 8.78 Å². The Morgan fingerprint density at radius 3 is 2.76 bits per heavy atom. The largest absolute Gasteiger partial charge is 0.469 e. The molecule has 0 radical (unpaired) electrons. The van der Waals surface area contributed by atoms with Crippen LogP contribution in [-0.2, 0) is 4.79 Å². The van der Waals surface area contributed by atoms with Gasteiger partial charge in [-0.3, -0.25) is 9.59 Å². The van der Waals surface area contributed by atoms with Crippen LogP contribution in [0.15, 0.2) is 16.7 Å². The molecule has 7 heteroatoms. The summed E-state index contributed by atoms with van der Waals surface area (Å²) < 4.78 is 33.1. The zero-order chi connectivity index (χ0) is 15.3. The summed E-state index contributed by atoms with van der Waals surface area (Å²) in [4.78, 5) is 25.5. The molecule has 2 fully saturated rings. The fourth-order valence-corrected chi connectivity index (χ4v) is 3.26. The molecule has 1 atom stereocenters. The number of carbonyl (C=O) groups is 2. The number of nitrogens with zero attached hydrogens (tertiary/aromatic N) is 1. The fraction of sp³-hybridized carbons (Fsp3) is 0.571. The summed E-state index contributed by atoms with van der Waals surface area (Å²) in [6, 6.07) is 1.46. The number of hydrogen-bond acceptors (Lipinski definition) is 3. The Labute approximate surface area is 120 Å². The first-order valence-corrected chi connectivity index (χ1v) is 6.83. The summed E-state index contributed by atoms with van der Waals surface area (Å²) >= 11 is 0.